The molecule has 0 bridgehead atoms. The van der Waals surface area contributed by atoms with Gasteiger partial charge in [-0.3, -0.25) is 0 Å². The molecule has 1 atom stereocenters. The first-order valence-corrected chi connectivity index (χ1v) is 3.47. The first-order chi connectivity index (χ1) is 4.09. The van der Waals surface area contributed by atoms with E-state index in [2.05, 4.69) is 39.5 Å². The van der Waals surface area contributed by atoms with Crippen LogP contribution in [-0.2, 0) is 0 Å². The highest BCUT2D eigenvalue weighted by atomic mass is 15.2. The Labute approximate surface area is 59.1 Å². The molecular weight excluding hydrogens is 110 g/mol. The Morgan fingerprint density at radius 1 is 1.33 bits per heavy atom. The second-order valence-electron chi connectivity index (χ2n) is 2.68. The van der Waals surface area contributed by atoms with E-state index in [0.717, 1.165) is 6.54 Å². The lowest BCUT2D eigenvalue weighted by Crippen LogP contribution is -2.36. The zero-order valence-corrected chi connectivity index (χ0v) is 6.72. The molecule has 0 radical (unpaired) electrons. The van der Waals surface area contributed by atoms with Crippen molar-refractivity contribution in [1.29, 1.82) is 0 Å². The molecule has 1 nitrogen and oxygen atoms in total. The lowest BCUT2D eigenvalue weighted by molar-refractivity contribution is 0.212. The molecule has 0 spiro atoms. The van der Waals surface area contributed by atoms with Crippen molar-refractivity contribution in [3.8, 4) is 0 Å². The van der Waals surface area contributed by atoms with Crippen LogP contribution in [0.2, 0.25) is 0 Å². The molecular formula is C8H17N+2. The van der Waals surface area contributed by atoms with Crippen molar-refractivity contribution >= 4 is 0 Å². The Morgan fingerprint density at radius 2 is 1.78 bits per heavy atom. The molecule has 9 heavy (non-hydrogen) atoms. The van der Waals surface area contributed by atoms with Crippen LogP contribution in [0.5, 0.6) is 0 Å². The van der Waals surface area contributed by atoms with Crippen molar-refractivity contribution in [3.63, 3.8) is 0 Å². The molecule has 0 saturated carbocycles. The zero-order chi connectivity index (χ0) is 7.44. The second-order valence-corrected chi connectivity index (χ2v) is 2.68. The number of hydrogen-bond donors (Lipinski definition) is 0. The fraction of sp³-hybridized carbons (Fsp3) is 0.750. The summed E-state index contributed by atoms with van der Waals surface area (Å²) < 4.78 is 0. The molecule has 0 saturated heterocycles. The van der Waals surface area contributed by atoms with Crippen molar-refractivity contribution in [2.45, 2.75) is 32.9 Å². The third-order valence-corrected chi connectivity index (χ3v) is 1.49. The van der Waals surface area contributed by atoms with E-state index in [-0.39, 0.29) is 0 Å². The highest BCUT2D eigenvalue weighted by molar-refractivity contribution is 4.72. The van der Waals surface area contributed by atoms with Crippen LogP contribution in [-0.4, -0.2) is 23.5 Å². The van der Waals surface area contributed by atoms with E-state index < -0.39 is 0 Å². The largest absolute Gasteiger partial charge is 0.221 e. The van der Waals surface area contributed by atoms with Gasteiger partial charge in [0.2, 0.25) is 0 Å². The standard InChI is InChI=1S/C8H17N/c1-6-9(7(2)3)8(4)5/h7-8H,1-2,6H2,3-5H3/q+2. The van der Waals surface area contributed by atoms with Gasteiger partial charge in [0.25, 0.3) is 0 Å². The molecule has 0 aromatic heterocycles. The van der Waals surface area contributed by atoms with Crippen LogP contribution in [0.3, 0.4) is 0 Å². The van der Waals surface area contributed by atoms with Crippen molar-refractivity contribution < 1.29 is 0 Å². The normalized spacial score (nSPS) is 14.8. The first kappa shape index (κ1) is 8.70. The van der Waals surface area contributed by atoms with E-state index in [9.17, 15) is 0 Å². The Morgan fingerprint density at radius 3 is 1.78 bits per heavy atom. The summed E-state index contributed by atoms with van der Waals surface area (Å²) in [6, 6.07) is 0.942. The molecule has 1 heteroatoms. The van der Waals surface area contributed by atoms with Gasteiger partial charge in [0, 0.05) is 6.04 Å². The minimum absolute atomic E-state index is 0.377. The van der Waals surface area contributed by atoms with Crippen molar-refractivity contribution in [2.24, 2.45) is 0 Å². The maximum atomic E-state index is 3.92. The highest BCUT2D eigenvalue weighted by Gasteiger charge is 2.17. The summed E-state index contributed by atoms with van der Waals surface area (Å²) in [4.78, 5) is 2.24. The third kappa shape index (κ3) is 2.66. The Bertz CT molecular complexity index is 59.0. The fourth-order valence-electron chi connectivity index (χ4n) is 0.988. The highest BCUT2D eigenvalue weighted by Crippen LogP contribution is 2.01. The van der Waals surface area contributed by atoms with E-state index in [1.165, 1.54) is 0 Å². The minimum atomic E-state index is 0.377. The summed E-state index contributed by atoms with van der Waals surface area (Å²) in [7, 11) is 0. The maximum Gasteiger partial charge on any atom is 0.149 e. The van der Waals surface area contributed by atoms with Gasteiger partial charge in [-0.2, -0.15) is 0 Å². The number of nitrogens with zero attached hydrogens (tertiary/aromatic N) is 1. The monoisotopic (exact) mass is 127 g/mol. The molecule has 0 aliphatic heterocycles. The Kier molecular flexibility index (Phi) is 3.55. The van der Waals surface area contributed by atoms with Crippen molar-refractivity contribution in [1.82, 2.24) is 4.90 Å². The van der Waals surface area contributed by atoms with E-state index in [1.54, 1.807) is 0 Å². The molecule has 0 aliphatic rings. The van der Waals surface area contributed by atoms with Crippen LogP contribution in [0, 0.1) is 13.8 Å². The summed E-state index contributed by atoms with van der Waals surface area (Å²) in [5.74, 6) is 0. The van der Waals surface area contributed by atoms with E-state index in [1.807, 2.05) is 0 Å². The Balaban J connectivity index is 3.68. The van der Waals surface area contributed by atoms with E-state index in [0.29, 0.717) is 12.1 Å². The molecule has 0 aromatic rings. The van der Waals surface area contributed by atoms with Gasteiger partial charge in [-0.15, -0.1) is 0 Å². The summed E-state index contributed by atoms with van der Waals surface area (Å²) in [6.07, 6.45) is 0. The van der Waals surface area contributed by atoms with Crippen LogP contribution >= 0.6 is 0 Å². The van der Waals surface area contributed by atoms with Crippen LogP contribution < -0.4 is 0 Å². The van der Waals surface area contributed by atoms with E-state index >= 15 is 0 Å². The van der Waals surface area contributed by atoms with Crippen molar-refractivity contribution in [3.05, 3.63) is 13.8 Å². The molecule has 0 aliphatic carbocycles. The third-order valence-electron chi connectivity index (χ3n) is 1.49. The van der Waals surface area contributed by atoms with Crippen LogP contribution in [0.4, 0.5) is 0 Å². The van der Waals surface area contributed by atoms with Gasteiger partial charge in [0.1, 0.15) is 12.6 Å². The quantitative estimate of drug-likeness (QED) is 0.522. The Hall–Kier alpha value is -0.300. The van der Waals surface area contributed by atoms with Gasteiger partial charge >= 0.3 is 0 Å². The predicted octanol–water partition coefficient (Wildman–Crippen LogP) is 1.75. The average molecular weight is 127 g/mol. The molecule has 0 N–H and O–H groups in total. The van der Waals surface area contributed by atoms with Gasteiger partial charge in [0.15, 0.2) is 0 Å². The molecule has 0 amide bonds. The van der Waals surface area contributed by atoms with Gasteiger partial charge in [0.05, 0.1) is 13.8 Å². The summed E-state index contributed by atoms with van der Waals surface area (Å²) in [5.41, 5.74) is 0. The molecule has 0 fully saturated rings. The second kappa shape index (κ2) is 3.67. The molecule has 52 valence electrons. The maximum absolute atomic E-state index is 3.92. The van der Waals surface area contributed by atoms with Gasteiger partial charge in [-0.1, -0.05) is 0 Å². The fourth-order valence-corrected chi connectivity index (χ4v) is 0.988. The lowest BCUT2D eigenvalue weighted by atomic mass is 10.2. The zero-order valence-electron chi connectivity index (χ0n) is 6.72. The smallest absolute Gasteiger partial charge is 0.149 e. The predicted molar refractivity (Wildman–Crippen MR) is 42.0 cm³/mol. The van der Waals surface area contributed by atoms with Crippen molar-refractivity contribution in [2.75, 3.05) is 6.54 Å². The minimum Gasteiger partial charge on any atom is -0.221 e. The number of hydrogen-bond acceptors (Lipinski definition) is 1. The van der Waals surface area contributed by atoms with Crippen LogP contribution in [0.1, 0.15) is 20.8 Å². The molecule has 0 rings (SSSR count). The number of rotatable bonds is 3. The molecule has 0 heterocycles. The molecule has 0 aromatic carbocycles. The van der Waals surface area contributed by atoms with Crippen LogP contribution in [0.25, 0.3) is 0 Å². The first-order valence-electron chi connectivity index (χ1n) is 3.47. The molecule has 1 unspecified atom stereocenters. The topological polar surface area (TPSA) is 3.24 Å². The lowest BCUT2D eigenvalue weighted by Gasteiger charge is -2.20. The van der Waals surface area contributed by atoms with Crippen LogP contribution in [0.15, 0.2) is 0 Å². The summed E-state index contributed by atoms with van der Waals surface area (Å²) >= 11 is 0. The average Bonchev–Trinajstić information content (AvgIpc) is 1.64. The summed E-state index contributed by atoms with van der Waals surface area (Å²) in [5, 5.41) is 0. The van der Waals surface area contributed by atoms with Gasteiger partial charge in [-0.05, 0) is 20.8 Å². The SMILES string of the molecule is [CH2+]CN(C([CH2+])C)C(C)C. The van der Waals surface area contributed by atoms with Gasteiger partial charge < -0.3 is 0 Å². The van der Waals surface area contributed by atoms with E-state index in [4.69, 9.17) is 0 Å². The summed E-state index contributed by atoms with van der Waals surface area (Å²) in [6.45, 7) is 15.0. The van der Waals surface area contributed by atoms with Gasteiger partial charge in [-0.25, -0.2) is 4.90 Å².